The summed E-state index contributed by atoms with van der Waals surface area (Å²) in [5, 5.41) is 26.7. The Hall–Kier alpha value is -3.01. The molecule has 172 valence electrons. The molecule has 1 aliphatic carbocycles. The van der Waals surface area contributed by atoms with Crippen molar-refractivity contribution in [3.05, 3.63) is 53.3 Å². The Labute approximate surface area is 193 Å². The van der Waals surface area contributed by atoms with Crippen LogP contribution in [0.3, 0.4) is 0 Å². The van der Waals surface area contributed by atoms with Gasteiger partial charge >= 0.3 is 0 Å². The molecule has 6 rings (SSSR count). The van der Waals surface area contributed by atoms with Crippen LogP contribution in [0, 0.1) is 0 Å². The number of nitrogens with zero attached hydrogens (tertiary/aromatic N) is 6. The van der Waals surface area contributed by atoms with Crippen molar-refractivity contribution in [3.63, 3.8) is 0 Å². The van der Waals surface area contributed by atoms with E-state index >= 15 is 0 Å². The Bertz CT molecular complexity index is 1200. The van der Waals surface area contributed by atoms with Crippen LogP contribution in [0.5, 0.6) is 0 Å². The molecule has 1 unspecified atom stereocenters. The van der Waals surface area contributed by atoms with E-state index in [1.807, 2.05) is 27.0 Å². The molecule has 1 aromatic carbocycles. The average Bonchev–Trinajstić information content (AvgIpc) is 3.42. The predicted octanol–water partition coefficient (Wildman–Crippen LogP) is 3.34. The Morgan fingerprint density at radius 1 is 1.15 bits per heavy atom. The molecule has 0 amide bonds. The summed E-state index contributed by atoms with van der Waals surface area (Å²) in [6.45, 7) is 8.27. The van der Waals surface area contributed by atoms with E-state index in [1.54, 1.807) is 6.20 Å². The largest absolute Gasteiger partial charge is 0.372 e. The van der Waals surface area contributed by atoms with Gasteiger partial charge in [-0.1, -0.05) is 6.07 Å². The quantitative estimate of drug-likeness (QED) is 0.562. The van der Waals surface area contributed by atoms with Crippen LogP contribution in [0.25, 0.3) is 0 Å². The fourth-order valence-electron chi connectivity index (χ4n) is 4.57. The van der Waals surface area contributed by atoms with Crippen molar-refractivity contribution in [1.82, 2.24) is 30.1 Å². The third kappa shape index (κ3) is 3.66. The number of aromatic nitrogens is 4. The van der Waals surface area contributed by atoms with Gasteiger partial charge in [-0.05, 0) is 69.8 Å². The van der Waals surface area contributed by atoms with Gasteiger partial charge in [0.1, 0.15) is 0 Å². The minimum absolute atomic E-state index is 0.135. The number of benzene rings is 1. The number of hydrogen-bond acceptors (Lipinski definition) is 8. The van der Waals surface area contributed by atoms with E-state index in [2.05, 4.69) is 54.6 Å². The molecule has 33 heavy (non-hydrogen) atoms. The summed E-state index contributed by atoms with van der Waals surface area (Å²) < 4.78 is 1.94. The summed E-state index contributed by atoms with van der Waals surface area (Å²) in [5.74, 6) is 1.93. The van der Waals surface area contributed by atoms with Crippen LogP contribution in [0.15, 0.2) is 36.7 Å². The monoisotopic (exact) mass is 446 g/mol. The van der Waals surface area contributed by atoms with Crippen LogP contribution in [-0.2, 0) is 18.5 Å². The highest BCUT2D eigenvalue weighted by Gasteiger charge is 2.47. The highest BCUT2D eigenvalue weighted by molar-refractivity contribution is 5.65. The molecule has 2 aromatic heterocycles. The molecule has 0 radical (unpaired) electrons. The summed E-state index contributed by atoms with van der Waals surface area (Å²) in [4.78, 5) is 9.36. The van der Waals surface area contributed by atoms with E-state index in [0.29, 0.717) is 17.3 Å². The number of anilines is 4. The lowest BCUT2D eigenvalue weighted by atomic mass is 10.0. The Morgan fingerprint density at radius 2 is 2.00 bits per heavy atom. The molecule has 1 fully saturated rings. The number of aliphatic hydroxyl groups is 1. The average molecular weight is 447 g/mol. The van der Waals surface area contributed by atoms with Crippen LogP contribution in [0.2, 0.25) is 0 Å². The number of aliphatic hydroxyl groups excluding tert-OH is 1. The fourth-order valence-corrected chi connectivity index (χ4v) is 4.57. The van der Waals surface area contributed by atoms with E-state index in [-0.39, 0.29) is 11.6 Å². The first kappa shape index (κ1) is 20.6. The van der Waals surface area contributed by atoms with Crippen LogP contribution in [-0.4, -0.2) is 42.5 Å². The second-order valence-corrected chi connectivity index (χ2v) is 10.1. The lowest BCUT2D eigenvalue weighted by molar-refractivity contribution is 0.00991. The van der Waals surface area contributed by atoms with Gasteiger partial charge in [-0.15, -0.1) is 0 Å². The van der Waals surface area contributed by atoms with Crippen molar-refractivity contribution in [2.75, 3.05) is 16.9 Å². The topological polar surface area (TPSA) is 94.4 Å². The first-order chi connectivity index (χ1) is 15.9. The van der Waals surface area contributed by atoms with Crippen LogP contribution >= 0.6 is 0 Å². The number of nitrogens with one attached hydrogen (secondary N) is 2. The zero-order valence-electron chi connectivity index (χ0n) is 19.3. The number of hydrogen-bond donors (Lipinski definition) is 3. The molecule has 9 nitrogen and oxygen atoms in total. The van der Waals surface area contributed by atoms with Gasteiger partial charge in [0.2, 0.25) is 5.95 Å². The van der Waals surface area contributed by atoms with Crippen molar-refractivity contribution in [3.8, 4) is 0 Å². The third-order valence-electron chi connectivity index (χ3n) is 6.51. The summed E-state index contributed by atoms with van der Waals surface area (Å²) in [5.41, 5.74) is 4.23. The van der Waals surface area contributed by atoms with E-state index in [9.17, 15) is 5.11 Å². The Morgan fingerprint density at radius 3 is 2.76 bits per heavy atom. The molecule has 9 heteroatoms. The molecule has 0 saturated heterocycles. The van der Waals surface area contributed by atoms with Crippen molar-refractivity contribution < 1.29 is 5.11 Å². The maximum absolute atomic E-state index is 11.1. The van der Waals surface area contributed by atoms with Crippen LogP contribution in [0.1, 0.15) is 56.5 Å². The summed E-state index contributed by atoms with van der Waals surface area (Å²) >= 11 is 0. The molecule has 1 atom stereocenters. The van der Waals surface area contributed by atoms with Crippen LogP contribution < -0.4 is 15.6 Å². The number of hydrazine groups is 1. The van der Waals surface area contributed by atoms with Gasteiger partial charge in [0, 0.05) is 36.7 Å². The van der Waals surface area contributed by atoms with Gasteiger partial charge in [-0.3, -0.25) is 4.68 Å². The number of rotatable bonds is 4. The maximum Gasteiger partial charge on any atom is 0.229 e. The van der Waals surface area contributed by atoms with Crippen molar-refractivity contribution >= 4 is 23.3 Å². The molecule has 4 heterocycles. The molecule has 3 aliphatic rings. The van der Waals surface area contributed by atoms with Gasteiger partial charge in [0.25, 0.3) is 0 Å². The zero-order valence-corrected chi connectivity index (χ0v) is 19.3. The van der Waals surface area contributed by atoms with Gasteiger partial charge in [-0.2, -0.15) is 15.1 Å². The highest BCUT2D eigenvalue weighted by Crippen LogP contribution is 2.47. The third-order valence-corrected chi connectivity index (χ3v) is 6.51. The van der Waals surface area contributed by atoms with E-state index in [0.717, 1.165) is 43.9 Å². The van der Waals surface area contributed by atoms with E-state index < -0.39 is 6.23 Å². The van der Waals surface area contributed by atoms with Gasteiger partial charge in [-0.25, -0.2) is 9.99 Å². The molecular weight excluding hydrogens is 416 g/mol. The smallest absolute Gasteiger partial charge is 0.229 e. The highest BCUT2D eigenvalue weighted by atomic mass is 16.3. The minimum Gasteiger partial charge on any atom is -0.372 e. The van der Waals surface area contributed by atoms with Crippen LogP contribution in [0.4, 0.5) is 23.3 Å². The molecule has 0 bridgehead atoms. The van der Waals surface area contributed by atoms with Gasteiger partial charge < -0.3 is 15.7 Å². The Balaban J connectivity index is 1.35. The van der Waals surface area contributed by atoms with Crippen molar-refractivity contribution in [1.29, 1.82) is 0 Å². The van der Waals surface area contributed by atoms with Gasteiger partial charge in [0.05, 0.1) is 11.1 Å². The lowest BCUT2D eigenvalue weighted by Crippen LogP contribution is -2.39. The predicted molar refractivity (Wildman–Crippen MR) is 126 cm³/mol. The maximum atomic E-state index is 11.1. The zero-order chi connectivity index (χ0) is 22.7. The number of fused-ring (bicyclic) bond motifs is 2. The summed E-state index contributed by atoms with van der Waals surface area (Å²) in [6.07, 6.45) is 6.04. The first-order valence-electron chi connectivity index (χ1n) is 11.7. The van der Waals surface area contributed by atoms with E-state index in [4.69, 9.17) is 10.1 Å². The Kier molecular flexibility index (Phi) is 4.69. The molecule has 0 spiro atoms. The SMILES string of the molecule is CC(C)(C)n1ccc(N2c3nc(Nc4ccc5c(c4)CCNC5)ncc3C(O)N2C2CC2)n1. The second-order valence-electron chi connectivity index (χ2n) is 10.1. The molecule has 1 saturated carbocycles. The minimum atomic E-state index is -0.780. The summed E-state index contributed by atoms with van der Waals surface area (Å²) in [7, 11) is 0. The molecule has 3 N–H and O–H groups in total. The summed E-state index contributed by atoms with van der Waals surface area (Å²) in [6, 6.07) is 8.66. The first-order valence-corrected chi connectivity index (χ1v) is 11.7. The normalized spacial score (nSPS) is 20.6. The molecule has 2 aliphatic heterocycles. The van der Waals surface area contributed by atoms with E-state index in [1.165, 1.54) is 11.1 Å². The second kappa shape index (κ2) is 7.51. The molecule has 3 aromatic rings. The lowest BCUT2D eigenvalue weighted by Gasteiger charge is -2.29. The van der Waals surface area contributed by atoms with Gasteiger partial charge in [0.15, 0.2) is 17.9 Å². The fraction of sp³-hybridized carbons (Fsp3) is 0.458. The van der Waals surface area contributed by atoms with Crippen molar-refractivity contribution in [2.45, 2.75) is 64.4 Å². The van der Waals surface area contributed by atoms with Crippen molar-refractivity contribution in [2.24, 2.45) is 0 Å². The standard InChI is InChI=1S/C24H30N8O/c1-24(2,3)30-11-9-20(29-30)32-21-19(22(33)31(32)18-6-7-18)14-26-23(28-21)27-17-5-4-16-13-25-10-8-15(16)12-17/h4-5,9,11-12,14,18,22,25,33H,6-8,10,13H2,1-3H3,(H,26,27,28). The molecular formula is C24H30N8O.